The monoisotopic (exact) mass is 118 g/mol. The SMILES string of the molecule is Bc1cnc(BC)nc1. The second-order valence-electron chi connectivity index (χ2n) is 2.03. The van der Waals surface area contributed by atoms with E-state index in [9.17, 15) is 0 Å². The lowest BCUT2D eigenvalue weighted by molar-refractivity contribution is 1.25. The summed E-state index contributed by atoms with van der Waals surface area (Å²) in [5.74, 6) is 0. The van der Waals surface area contributed by atoms with Crippen LogP contribution in [0.1, 0.15) is 0 Å². The van der Waals surface area contributed by atoms with Crippen LogP contribution >= 0.6 is 0 Å². The third-order valence-corrected chi connectivity index (χ3v) is 1.15. The van der Waals surface area contributed by atoms with E-state index in [0.29, 0.717) is 0 Å². The first-order valence-electron chi connectivity index (χ1n) is 3.10. The van der Waals surface area contributed by atoms with Crippen LogP contribution in [-0.2, 0) is 0 Å². The molecule has 1 heterocycles. The van der Waals surface area contributed by atoms with Crippen LogP contribution < -0.4 is 11.2 Å². The van der Waals surface area contributed by atoms with Crippen molar-refractivity contribution >= 4 is 26.3 Å². The molecule has 0 aliphatic heterocycles. The van der Waals surface area contributed by atoms with Crippen LogP contribution in [0.15, 0.2) is 12.4 Å². The molecule has 0 aliphatic rings. The van der Waals surface area contributed by atoms with E-state index in [4.69, 9.17) is 0 Å². The van der Waals surface area contributed by atoms with Gasteiger partial charge in [0.05, 0.1) is 5.72 Å². The maximum Gasteiger partial charge on any atom is 0.204 e. The summed E-state index contributed by atoms with van der Waals surface area (Å²) in [5, 5.41) is 0. The fourth-order valence-corrected chi connectivity index (χ4v) is 0.602. The third kappa shape index (κ3) is 1.56. The lowest BCUT2D eigenvalue weighted by atomic mass is 9.81. The molecular formula is C5H8B2N2. The smallest absolute Gasteiger partial charge is 0.204 e. The molecule has 2 nitrogen and oxygen atoms in total. The van der Waals surface area contributed by atoms with E-state index < -0.39 is 0 Å². The second kappa shape index (κ2) is 2.67. The Balaban J connectivity index is 2.88. The Labute approximate surface area is 56.4 Å². The van der Waals surface area contributed by atoms with E-state index >= 15 is 0 Å². The Hall–Kier alpha value is -0.790. The zero-order valence-corrected chi connectivity index (χ0v) is 5.76. The van der Waals surface area contributed by atoms with Gasteiger partial charge in [-0.2, -0.15) is 0 Å². The van der Waals surface area contributed by atoms with Crippen LogP contribution in [-0.4, -0.2) is 25.1 Å². The average molecular weight is 118 g/mol. The summed E-state index contributed by atoms with van der Waals surface area (Å²) in [4.78, 5) is 8.17. The van der Waals surface area contributed by atoms with Crippen LogP contribution in [0, 0.1) is 0 Å². The number of hydrogen-bond donors (Lipinski definition) is 0. The van der Waals surface area contributed by atoms with Gasteiger partial charge in [0.1, 0.15) is 7.85 Å². The standard InChI is InChI=1S/C5H8B2N2/c1-7-5-8-2-4(6)3-9-5/h2-3,7H,6H2,1H3. The maximum atomic E-state index is 4.09. The molecule has 0 aromatic carbocycles. The molecular weight excluding hydrogens is 110 g/mol. The van der Waals surface area contributed by atoms with Crippen molar-refractivity contribution in [2.75, 3.05) is 0 Å². The van der Waals surface area contributed by atoms with Crippen LogP contribution in [0.4, 0.5) is 0 Å². The van der Waals surface area contributed by atoms with E-state index in [0.717, 1.165) is 18.5 Å². The molecule has 0 saturated carbocycles. The highest BCUT2D eigenvalue weighted by atomic mass is 14.8. The molecule has 0 spiro atoms. The van der Waals surface area contributed by atoms with Crippen molar-refractivity contribution in [1.82, 2.24) is 9.97 Å². The van der Waals surface area contributed by atoms with Crippen molar-refractivity contribution in [3.63, 3.8) is 0 Å². The van der Waals surface area contributed by atoms with Crippen molar-refractivity contribution in [3.8, 4) is 0 Å². The lowest BCUT2D eigenvalue weighted by Gasteiger charge is -1.92. The van der Waals surface area contributed by atoms with Gasteiger partial charge < -0.3 is 0 Å². The lowest BCUT2D eigenvalue weighted by Crippen LogP contribution is -2.22. The van der Waals surface area contributed by atoms with Gasteiger partial charge in [0.25, 0.3) is 0 Å². The number of hydrogen-bond acceptors (Lipinski definition) is 2. The Bertz CT molecular complexity index is 185. The Morgan fingerprint density at radius 2 is 2.00 bits per heavy atom. The molecule has 0 aliphatic carbocycles. The molecule has 0 bridgehead atoms. The highest BCUT2D eigenvalue weighted by Crippen LogP contribution is 1.63. The second-order valence-corrected chi connectivity index (χ2v) is 2.03. The fraction of sp³-hybridized carbons (Fsp3) is 0.200. The topological polar surface area (TPSA) is 25.8 Å². The van der Waals surface area contributed by atoms with Crippen molar-refractivity contribution in [2.24, 2.45) is 0 Å². The van der Waals surface area contributed by atoms with E-state index in [1.807, 2.05) is 27.1 Å². The summed E-state index contributed by atoms with van der Waals surface area (Å²) in [6.45, 7) is 2.05. The molecule has 0 fully saturated rings. The average Bonchev–Trinajstić information content (AvgIpc) is 1.90. The molecule has 1 aromatic heterocycles. The van der Waals surface area contributed by atoms with Gasteiger partial charge in [0.2, 0.25) is 7.28 Å². The van der Waals surface area contributed by atoms with Crippen LogP contribution in [0.3, 0.4) is 0 Å². The van der Waals surface area contributed by atoms with Gasteiger partial charge in [-0.15, -0.1) is 0 Å². The molecule has 0 radical (unpaired) electrons. The fourth-order valence-electron chi connectivity index (χ4n) is 0.602. The summed E-state index contributed by atoms with van der Waals surface area (Å²) in [7, 11) is 2.90. The van der Waals surface area contributed by atoms with Gasteiger partial charge in [-0.1, -0.05) is 12.3 Å². The summed E-state index contributed by atoms with van der Waals surface area (Å²) >= 11 is 0. The predicted octanol–water partition coefficient (Wildman–Crippen LogP) is -2.16. The van der Waals surface area contributed by atoms with Crippen LogP contribution in [0.25, 0.3) is 0 Å². The molecule has 0 unspecified atom stereocenters. The minimum absolute atomic E-state index is 0.917. The van der Waals surface area contributed by atoms with Gasteiger partial charge in [0, 0.05) is 12.4 Å². The predicted molar refractivity (Wildman–Crippen MR) is 42.9 cm³/mol. The quantitative estimate of drug-likeness (QED) is 0.392. The van der Waals surface area contributed by atoms with Crippen LogP contribution in [0.5, 0.6) is 0 Å². The highest BCUT2D eigenvalue weighted by Gasteiger charge is 1.89. The largest absolute Gasteiger partial charge is 0.253 e. The zero-order valence-electron chi connectivity index (χ0n) is 5.76. The molecule has 1 rings (SSSR count). The van der Waals surface area contributed by atoms with E-state index in [-0.39, 0.29) is 0 Å². The maximum absolute atomic E-state index is 4.09. The Morgan fingerprint density at radius 1 is 1.44 bits per heavy atom. The molecule has 0 N–H and O–H groups in total. The molecule has 44 valence electrons. The molecule has 4 heteroatoms. The van der Waals surface area contributed by atoms with Crippen molar-refractivity contribution in [2.45, 2.75) is 6.82 Å². The first-order chi connectivity index (χ1) is 4.33. The van der Waals surface area contributed by atoms with Gasteiger partial charge in [-0.25, -0.2) is 0 Å². The molecule has 1 aromatic rings. The number of nitrogens with zero attached hydrogens (tertiary/aromatic N) is 2. The van der Waals surface area contributed by atoms with E-state index in [1.165, 1.54) is 0 Å². The minimum atomic E-state index is 0.917. The van der Waals surface area contributed by atoms with Gasteiger partial charge in [-0.05, 0) is 0 Å². The molecule has 0 atom stereocenters. The summed E-state index contributed by atoms with van der Waals surface area (Å²) in [6, 6.07) is 0. The minimum Gasteiger partial charge on any atom is -0.253 e. The summed E-state index contributed by atoms with van der Waals surface area (Å²) < 4.78 is 0. The molecule has 9 heavy (non-hydrogen) atoms. The first-order valence-corrected chi connectivity index (χ1v) is 3.10. The van der Waals surface area contributed by atoms with Gasteiger partial charge >= 0.3 is 0 Å². The van der Waals surface area contributed by atoms with Crippen molar-refractivity contribution < 1.29 is 0 Å². The number of aromatic nitrogens is 2. The Kier molecular flexibility index (Phi) is 1.88. The first kappa shape index (κ1) is 6.33. The van der Waals surface area contributed by atoms with Gasteiger partial charge in [-0.3, -0.25) is 9.97 Å². The normalized spacial score (nSPS) is 9.00. The summed E-state index contributed by atoms with van der Waals surface area (Å²) in [5.41, 5.74) is 2.04. The molecule has 0 saturated heterocycles. The Morgan fingerprint density at radius 3 is 2.44 bits per heavy atom. The van der Waals surface area contributed by atoms with E-state index in [1.54, 1.807) is 0 Å². The van der Waals surface area contributed by atoms with Crippen molar-refractivity contribution in [3.05, 3.63) is 12.4 Å². The van der Waals surface area contributed by atoms with Crippen molar-refractivity contribution in [1.29, 1.82) is 0 Å². The van der Waals surface area contributed by atoms with Crippen LogP contribution in [0.2, 0.25) is 6.82 Å². The molecule has 0 amide bonds. The third-order valence-electron chi connectivity index (χ3n) is 1.15. The zero-order chi connectivity index (χ0) is 6.69. The van der Waals surface area contributed by atoms with E-state index in [2.05, 4.69) is 9.97 Å². The highest BCUT2D eigenvalue weighted by molar-refractivity contribution is 6.49. The number of rotatable bonds is 1. The van der Waals surface area contributed by atoms with Gasteiger partial charge in [0.15, 0.2) is 0 Å². The summed E-state index contributed by atoms with van der Waals surface area (Å²) in [6.07, 6.45) is 3.68.